The van der Waals surface area contributed by atoms with E-state index in [0.717, 1.165) is 18.4 Å². The predicted molar refractivity (Wildman–Crippen MR) is 93.0 cm³/mol. The van der Waals surface area contributed by atoms with Gasteiger partial charge >= 0.3 is 0 Å². The zero-order valence-electron chi connectivity index (χ0n) is 13.9. The molecule has 9 heteroatoms. The van der Waals surface area contributed by atoms with E-state index in [1.54, 1.807) is 17.3 Å². The van der Waals surface area contributed by atoms with Crippen molar-refractivity contribution >= 4 is 22.9 Å². The highest BCUT2D eigenvalue weighted by molar-refractivity contribution is 7.18. The number of H-pyrrole nitrogens is 1. The summed E-state index contributed by atoms with van der Waals surface area (Å²) in [4.78, 5) is 15.7. The Kier molecular flexibility index (Phi) is 3.58. The molecule has 0 aromatic carbocycles. The lowest BCUT2D eigenvalue weighted by Crippen LogP contribution is -2.51. The van der Waals surface area contributed by atoms with Crippen molar-refractivity contribution in [1.82, 2.24) is 15.5 Å². The van der Waals surface area contributed by atoms with Crippen LogP contribution < -0.4 is 10.2 Å². The van der Waals surface area contributed by atoms with Crippen LogP contribution in [0.2, 0.25) is 0 Å². The molecule has 26 heavy (non-hydrogen) atoms. The second kappa shape index (κ2) is 5.75. The molecule has 0 spiro atoms. The summed E-state index contributed by atoms with van der Waals surface area (Å²) < 4.78 is 34.7. The van der Waals surface area contributed by atoms with Crippen LogP contribution in [0.25, 0.3) is 10.4 Å². The number of alkyl halides is 2. The summed E-state index contributed by atoms with van der Waals surface area (Å²) >= 11 is 1.27. The van der Waals surface area contributed by atoms with Crippen molar-refractivity contribution in [2.75, 3.05) is 24.6 Å². The van der Waals surface area contributed by atoms with Crippen LogP contribution in [-0.2, 0) is 11.2 Å². The number of anilines is 1. The molecular formula is C17H18F2N4O2S. The summed E-state index contributed by atoms with van der Waals surface area (Å²) in [5.74, 6) is -3.03. The first kappa shape index (κ1) is 16.2. The zero-order valence-corrected chi connectivity index (χ0v) is 14.7. The summed E-state index contributed by atoms with van der Waals surface area (Å²) in [6.45, 7) is 0.630. The summed E-state index contributed by atoms with van der Waals surface area (Å²) in [6, 6.07) is -0.274. The lowest BCUT2D eigenvalue weighted by atomic mass is 9.97. The molecule has 1 fully saturated rings. The van der Waals surface area contributed by atoms with Crippen molar-refractivity contribution in [2.24, 2.45) is 0 Å². The molecule has 138 valence electrons. The third-order valence-corrected chi connectivity index (χ3v) is 6.54. The van der Waals surface area contributed by atoms with Crippen LogP contribution in [0.4, 0.5) is 14.5 Å². The van der Waals surface area contributed by atoms with Crippen molar-refractivity contribution in [3.05, 3.63) is 22.8 Å². The third-order valence-electron chi connectivity index (χ3n) is 5.27. The third kappa shape index (κ3) is 2.52. The number of ether oxygens (including phenoxy) is 1. The number of aromatic nitrogens is 2. The van der Waals surface area contributed by atoms with Crippen LogP contribution in [0, 0.1) is 0 Å². The Labute approximate surface area is 152 Å². The van der Waals surface area contributed by atoms with Gasteiger partial charge in [-0.15, -0.1) is 11.3 Å². The number of hydrogen-bond acceptors (Lipinski definition) is 5. The Morgan fingerprint density at radius 3 is 3.00 bits per heavy atom. The fraction of sp³-hybridized carbons (Fsp3) is 0.529. The number of carbonyl (C=O) groups is 1. The van der Waals surface area contributed by atoms with Crippen molar-refractivity contribution in [3.8, 4) is 10.4 Å². The van der Waals surface area contributed by atoms with Gasteiger partial charge in [-0.2, -0.15) is 5.10 Å². The molecule has 3 aliphatic rings. The van der Waals surface area contributed by atoms with Gasteiger partial charge in [0.2, 0.25) is 0 Å². The fourth-order valence-corrected chi connectivity index (χ4v) is 5.42. The molecule has 1 amide bonds. The minimum atomic E-state index is -2.84. The van der Waals surface area contributed by atoms with E-state index in [-0.39, 0.29) is 31.0 Å². The molecule has 0 aliphatic carbocycles. The minimum absolute atomic E-state index is 0.111. The molecule has 2 atom stereocenters. The lowest BCUT2D eigenvalue weighted by molar-refractivity contribution is 0.00412. The monoisotopic (exact) mass is 380 g/mol. The van der Waals surface area contributed by atoms with Crippen LogP contribution in [0.1, 0.15) is 28.1 Å². The van der Waals surface area contributed by atoms with E-state index >= 15 is 0 Å². The van der Waals surface area contributed by atoms with Crippen LogP contribution in [-0.4, -0.2) is 53.9 Å². The Morgan fingerprint density at radius 1 is 1.38 bits per heavy atom. The first-order valence-corrected chi connectivity index (χ1v) is 9.53. The predicted octanol–water partition coefficient (Wildman–Crippen LogP) is 2.43. The SMILES string of the molecule is O=C1NC([C@H]2CCCO2)CN2CC(F)(F)Cc3c(-c4cn[nH]c4)sc1c32. The normalized spacial score (nSPS) is 27.2. The number of nitrogens with zero attached hydrogens (tertiary/aromatic N) is 2. The van der Waals surface area contributed by atoms with Gasteiger partial charge in [-0.05, 0) is 12.8 Å². The number of halogens is 2. The van der Waals surface area contributed by atoms with Crippen LogP contribution in [0.3, 0.4) is 0 Å². The second-order valence-corrected chi connectivity index (χ2v) is 8.14. The molecule has 0 radical (unpaired) electrons. The largest absolute Gasteiger partial charge is 0.376 e. The minimum Gasteiger partial charge on any atom is -0.376 e. The van der Waals surface area contributed by atoms with E-state index < -0.39 is 5.92 Å². The highest BCUT2D eigenvalue weighted by Gasteiger charge is 2.46. The summed E-state index contributed by atoms with van der Waals surface area (Å²) in [7, 11) is 0. The summed E-state index contributed by atoms with van der Waals surface area (Å²) in [6.07, 6.45) is 4.59. The zero-order chi connectivity index (χ0) is 17.9. The van der Waals surface area contributed by atoms with E-state index in [0.29, 0.717) is 34.2 Å². The van der Waals surface area contributed by atoms with Crippen LogP contribution >= 0.6 is 11.3 Å². The molecule has 2 N–H and O–H groups in total. The standard InChI is InChI=1S/C17H18F2N4O2S/c18-17(19)4-10-13-15(26-14(10)9-5-20-21-6-9)16(24)22-11(7-23(13)8-17)12-2-1-3-25-12/h5-6,11-12H,1-4,7-8H2,(H,20,21)(H,22,24)/t11?,12-/m1/s1. The Hall–Kier alpha value is -2.00. The first-order valence-electron chi connectivity index (χ1n) is 8.72. The summed E-state index contributed by atoms with van der Waals surface area (Å²) in [5.41, 5.74) is 1.94. The molecule has 1 saturated heterocycles. The van der Waals surface area contributed by atoms with E-state index in [9.17, 15) is 13.6 Å². The summed E-state index contributed by atoms with van der Waals surface area (Å²) in [5, 5.41) is 9.65. The molecule has 3 aliphatic heterocycles. The van der Waals surface area contributed by atoms with Crippen LogP contribution in [0.5, 0.6) is 0 Å². The van der Waals surface area contributed by atoms with Gasteiger partial charge in [0.15, 0.2) is 0 Å². The highest BCUT2D eigenvalue weighted by Crippen LogP contribution is 2.48. The number of rotatable bonds is 2. The maximum absolute atomic E-state index is 14.5. The molecular weight excluding hydrogens is 362 g/mol. The topological polar surface area (TPSA) is 70.2 Å². The van der Waals surface area contributed by atoms with Gasteiger partial charge in [0.1, 0.15) is 4.88 Å². The molecule has 2 aromatic rings. The van der Waals surface area contributed by atoms with Gasteiger partial charge in [-0.25, -0.2) is 8.78 Å². The average molecular weight is 380 g/mol. The van der Waals surface area contributed by atoms with Crippen molar-refractivity contribution < 1.29 is 18.3 Å². The number of aromatic amines is 1. The van der Waals surface area contributed by atoms with Gasteiger partial charge < -0.3 is 15.0 Å². The fourth-order valence-electron chi connectivity index (χ4n) is 4.19. The van der Waals surface area contributed by atoms with Crippen LogP contribution in [0.15, 0.2) is 12.4 Å². The molecule has 5 rings (SSSR count). The molecule has 1 unspecified atom stereocenters. The molecule has 0 bridgehead atoms. The lowest BCUT2D eigenvalue weighted by Gasteiger charge is -2.36. The smallest absolute Gasteiger partial charge is 0.269 e. The number of carbonyl (C=O) groups excluding carboxylic acids is 1. The first-order chi connectivity index (χ1) is 12.5. The Morgan fingerprint density at radius 2 is 2.27 bits per heavy atom. The quantitative estimate of drug-likeness (QED) is 0.840. The molecule has 2 aromatic heterocycles. The van der Waals surface area contributed by atoms with Gasteiger partial charge in [0.05, 0.1) is 30.6 Å². The van der Waals surface area contributed by atoms with Crippen molar-refractivity contribution in [3.63, 3.8) is 0 Å². The van der Waals surface area contributed by atoms with Crippen molar-refractivity contribution in [2.45, 2.75) is 37.3 Å². The number of thiophene rings is 1. The van der Waals surface area contributed by atoms with E-state index in [2.05, 4.69) is 15.5 Å². The molecule has 0 saturated carbocycles. The van der Waals surface area contributed by atoms with Gasteiger partial charge in [0, 0.05) is 41.8 Å². The van der Waals surface area contributed by atoms with Gasteiger partial charge in [0.25, 0.3) is 11.8 Å². The highest BCUT2D eigenvalue weighted by atomic mass is 32.1. The Balaban J connectivity index is 1.61. The second-order valence-electron chi connectivity index (χ2n) is 7.12. The van der Waals surface area contributed by atoms with E-state index in [4.69, 9.17) is 4.74 Å². The maximum Gasteiger partial charge on any atom is 0.269 e. The number of nitrogens with one attached hydrogen (secondary N) is 2. The maximum atomic E-state index is 14.5. The van der Waals surface area contributed by atoms with Gasteiger partial charge in [-0.3, -0.25) is 9.89 Å². The van der Waals surface area contributed by atoms with Crippen molar-refractivity contribution in [1.29, 1.82) is 0 Å². The van der Waals surface area contributed by atoms with Gasteiger partial charge in [-0.1, -0.05) is 0 Å². The number of amides is 1. The van der Waals surface area contributed by atoms with E-state index in [1.165, 1.54) is 11.3 Å². The average Bonchev–Trinajstić information content (AvgIpc) is 3.31. The van der Waals surface area contributed by atoms with E-state index in [1.807, 2.05) is 0 Å². The molecule has 5 heterocycles. The number of hydrogen-bond donors (Lipinski definition) is 2. The Bertz CT molecular complexity index is 845. The molecule has 6 nitrogen and oxygen atoms in total.